The van der Waals surface area contributed by atoms with Crippen molar-refractivity contribution in [2.45, 2.75) is 32.9 Å². The van der Waals surface area contributed by atoms with Gasteiger partial charge in [0.15, 0.2) is 0 Å². The van der Waals surface area contributed by atoms with E-state index in [0.717, 1.165) is 12.0 Å². The molecule has 0 aliphatic heterocycles. The Kier molecular flexibility index (Phi) is 9.21. The summed E-state index contributed by atoms with van der Waals surface area (Å²) in [6, 6.07) is 7.48. The maximum absolute atomic E-state index is 12.1. The van der Waals surface area contributed by atoms with Crippen LogP contribution in [0, 0.1) is 5.92 Å². The lowest BCUT2D eigenvalue weighted by molar-refractivity contribution is 0.0933. The first-order valence-corrected chi connectivity index (χ1v) is 6.65. The van der Waals surface area contributed by atoms with Crippen molar-refractivity contribution in [1.29, 1.82) is 0 Å². The lowest BCUT2D eigenvalue weighted by atomic mass is 10.0. The minimum absolute atomic E-state index is 0. The van der Waals surface area contributed by atoms with E-state index in [-0.39, 0.29) is 24.4 Å². The van der Waals surface area contributed by atoms with Gasteiger partial charge in [0.25, 0.3) is 5.91 Å². The monoisotopic (exact) mass is 300 g/mol. The van der Waals surface area contributed by atoms with Crippen LogP contribution in [0.3, 0.4) is 0 Å². The molecule has 0 spiro atoms. The quantitative estimate of drug-likeness (QED) is 0.812. The van der Waals surface area contributed by atoms with Crippen LogP contribution < -0.4 is 11.1 Å². The number of nitrogens with one attached hydrogen (secondary N) is 1. The van der Waals surface area contributed by atoms with Crippen molar-refractivity contribution < 1.29 is 9.53 Å². The SMILES string of the molecule is COCc1cccc(C(=O)NC(CN)CC(C)C)c1.Cl. The van der Waals surface area contributed by atoms with E-state index in [9.17, 15) is 4.79 Å². The Morgan fingerprint density at radius 2 is 2.10 bits per heavy atom. The van der Waals surface area contributed by atoms with Crippen LogP contribution in [0.2, 0.25) is 0 Å². The topological polar surface area (TPSA) is 64.3 Å². The number of ether oxygens (including phenoxy) is 1. The number of hydrogen-bond acceptors (Lipinski definition) is 3. The molecule has 1 rings (SSSR count). The highest BCUT2D eigenvalue weighted by atomic mass is 35.5. The van der Waals surface area contributed by atoms with Crippen LogP contribution in [0.15, 0.2) is 24.3 Å². The summed E-state index contributed by atoms with van der Waals surface area (Å²) in [7, 11) is 1.64. The number of hydrogen-bond donors (Lipinski definition) is 2. The maximum atomic E-state index is 12.1. The molecule has 0 bridgehead atoms. The van der Waals surface area contributed by atoms with Gasteiger partial charge in [0, 0.05) is 25.3 Å². The van der Waals surface area contributed by atoms with Gasteiger partial charge in [0.1, 0.15) is 0 Å². The highest BCUT2D eigenvalue weighted by molar-refractivity contribution is 5.94. The van der Waals surface area contributed by atoms with Crippen LogP contribution >= 0.6 is 12.4 Å². The number of methoxy groups -OCH3 is 1. The molecule has 20 heavy (non-hydrogen) atoms. The third kappa shape index (κ3) is 6.37. The molecular formula is C15H25ClN2O2. The minimum atomic E-state index is -0.0750. The number of benzene rings is 1. The smallest absolute Gasteiger partial charge is 0.251 e. The number of carbonyl (C=O) groups excluding carboxylic acids is 1. The molecule has 0 fully saturated rings. The molecule has 1 aromatic carbocycles. The molecule has 0 radical (unpaired) electrons. The summed E-state index contributed by atoms with van der Waals surface area (Å²) in [6.07, 6.45) is 0.889. The Balaban J connectivity index is 0.00000361. The molecule has 114 valence electrons. The second-order valence-corrected chi connectivity index (χ2v) is 5.17. The van der Waals surface area contributed by atoms with E-state index in [4.69, 9.17) is 10.5 Å². The molecule has 0 aromatic heterocycles. The standard InChI is InChI=1S/C15H24N2O2.ClH/c1-11(2)7-14(9-16)17-15(18)13-6-4-5-12(8-13)10-19-3;/h4-6,8,11,14H,7,9-10,16H2,1-3H3,(H,17,18);1H. The Labute approximate surface area is 127 Å². The van der Waals surface area contributed by atoms with Gasteiger partial charge in [-0.05, 0) is 30.0 Å². The predicted octanol–water partition coefficient (Wildman–Crippen LogP) is 2.36. The highest BCUT2D eigenvalue weighted by Crippen LogP contribution is 2.08. The summed E-state index contributed by atoms with van der Waals surface area (Å²) in [5.74, 6) is 0.433. The van der Waals surface area contributed by atoms with Gasteiger partial charge in [-0.25, -0.2) is 0 Å². The van der Waals surface area contributed by atoms with Crippen molar-refractivity contribution in [2.75, 3.05) is 13.7 Å². The third-order valence-electron chi connectivity index (χ3n) is 2.88. The van der Waals surface area contributed by atoms with Gasteiger partial charge in [-0.15, -0.1) is 12.4 Å². The zero-order valence-electron chi connectivity index (χ0n) is 12.4. The number of carbonyl (C=O) groups is 1. The summed E-state index contributed by atoms with van der Waals surface area (Å²) in [5, 5.41) is 2.98. The van der Waals surface area contributed by atoms with Gasteiger partial charge in [0.05, 0.1) is 6.61 Å². The van der Waals surface area contributed by atoms with Crippen molar-refractivity contribution in [3.05, 3.63) is 35.4 Å². The molecule has 1 atom stereocenters. The summed E-state index contributed by atoms with van der Waals surface area (Å²) in [5.41, 5.74) is 7.33. The summed E-state index contributed by atoms with van der Waals surface area (Å²) in [4.78, 5) is 12.1. The van der Waals surface area contributed by atoms with Gasteiger partial charge < -0.3 is 15.8 Å². The molecule has 3 N–H and O–H groups in total. The largest absolute Gasteiger partial charge is 0.380 e. The highest BCUT2D eigenvalue weighted by Gasteiger charge is 2.14. The number of nitrogens with two attached hydrogens (primary N) is 1. The van der Waals surface area contributed by atoms with Crippen molar-refractivity contribution in [3.63, 3.8) is 0 Å². The molecule has 0 saturated heterocycles. The average molecular weight is 301 g/mol. The first-order valence-electron chi connectivity index (χ1n) is 6.65. The lowest BCUT2D eigenvalue weighted by Gasteiger charge is -2.19. The molecule has 0 saturated carbocycles. The van der Waals surface area contributed by atoms with E-state index < -0.39 is 0 Å². The summed E-state index contributed by atoms with van der Waals surface area (Å²) >= 11 is 0. The minimum Gasteiger partial charge on any atom is -0.380 e. The summed E-state index contributed by atoms with van der Waals surface area (Å²) < 4.78 is 5.07. The van der Waals surface area contributed by atoms with Gasteiger partial charge >= 0.3 is 0 Å². The summed E-state index contributed by atoms with van der Waals surface area (Å²) in [6.45, 7) is 5.21. The molecule has 0 heterocycles. The van der Waals surface area contributed by atoms with Crippen LogP contribution in [0.5, 0.6) is 0 Å². The van der Waals surface area contributed by atoms with Gasteiger partial charge in [0.2, 0.25) is 0 Å². The molecule has 0 aliphatic carbocycles. The van der Waals surface area contributed by atoms with E-state index in [1.807, 2.05) is 18.2 Å². The van der Waals surface area contributed by atoms with Gasteiger partial charge in [-0.2, -0.15) is 0 Å². The second-order valence-electron chi connectivity index (χ2n) is 5.17. The van der Waals surface area contributed by atoms with E-state index >= 15 is 0 Å². The Morgan fingerprint density at radius 1 is 1.40 bits per heavy atom. The van der Waals surface area contributed by atoms with Crippen molar-refractivity contribution >= 4 is 18.3 Å². The van der Waals surface area contributed by atoms with Gasteiger partial charge in [-0.3, -0.25) is 4.79 Å². The van der Waals surface area contributed by atoms with Crippen LogP contribution in [0.25, 0.3) is 0 Å². The Morgan fingerprint density at radius 3 is 2.65 bits per heavy atom. The molecule has 1 amide bonds. The fourth-order valence-corrected chi connectivity index (χ4v) is 2.02. The second kappa shape index (κ2) is 9.75. The first kappa shape index (κ1) is 18.9. The van der Waals surface area contributed by atoms with Crippen molar-refractivity contribution in [2.24, 2.45) is 11.7 Å². The lowest BCUT2D eigenvalue weighted by Crippen LogP contribution is -2.41. The molecular weight excluding hydrogens is 276 g/mol. The third-order valence-corrected chi connectivity index (χ3v) is 2.88. The van der Waals surface area contributed by atoms with E-state index in [2.05, 4.69) is 19.2 Å². The Bertz CT molecular complexity index is 411. The van der Waals surface area contributed by atoms with E-state index in [1.165, 1.54) is 0 Å². The van der Waals surface area contributed by atoms with Crippen LogP contribution in [0.4, 0.5) is 0 Å². The number of rotatable bonds is 7. The van der Waals surface area contributed by atoms with E-state index in [1.54, 1.807) is 13.2 Å². The van der Waals surface area contributed by atoms with Crippen LogP contribution in [-0.4, -0.2) is 25.6 Å². The average Bonchev–Trinajstić information content (AvgIpc) is 2.38. The molecule has 4 nitrogen and oxygen atoms in total. The molecule has 1 aromatic rings. The maximum Gasteiger partial charge on any atom is 0.251 e. The fourth-order valence-electron chi connectivity index (χ4n) is 2.02. The predicted molar refractivity (Wildman–Crippen MR) is 84.2 cm³/mol. The van der Waals surface area contributed by atoms with Crippen LogP contribution in [-0.2, 0) is 11.3 Å². The zero-order valence-corrected chi connectivity index (χ0v) is 13.2. The van der Waals surface area contributed by atoms with Crippen molar-refractivity contribution in [1.82, 2.24) is 5.32 Å². The van der Waals surface area contributed by atoms with Gasteiger partial charge in [-0.1, -0.05) is 26.0 Å². The van der Waals surface area contributed by atoms with E-state index in [0.29, 0.717) is 24.6 Å². The normalized spacial score (nSPS) is 11.8. The zero-order chi connectivity index (χ0) is 14.3. The van der Waals surface area contributed by atoms with Crippen molar-refractivity contribution in [3.8, 4) is 0 Å². The Hall–Kier alpha value is -1.10. The fraction of sp³-hybridized carbons (Fsp3) is 0.533. The molecule has 1 unspecified atom stereocenters. The van der Waals surface area contributed by atoms with Crippen LogP contribution in [0.1, 0.15) is 36.2 Å². The number of halogens is 1. The first-order chi connectivity index (χ1) is 9.06. The molecule has 0 aliphatic rings. The number of amides is 1. The molecule has 5 heteroatoms.